The first-order valence-electron chi connectivity index (χ1n) is 6.31. The molecule has 0 bridgehead atoms. The van der Waals surface area contributed by atoms with Crippen LogP contribution >= 0.6 is 22.9 Å². The van der Waals surface area contributed by atoms with Crippen LogP contribution in [-0.2, 0) is 11.3 Å². The van der Waals surface area contributed by atoms with Gasteiger partial charge in [0, 0.05) is 13.5 Å². The monoisotopic (exact) mass is 321 g/mol. The van der Waals surface area contributed by atoms with Gasteiger partial charge in [0.2, 0.25) is 5.91 Å². The molecule has 0 aliphatic carbocycles. The number of benzene rings is 1. The van der Waals surface area contributed by atoms with Crippen molar-refractivity contribution >= 4 is 39.9 Å². The van der Waals surface area contributed by atoms with E-state index in [-0.39, 0.29) is 11.8 Å². The Hall–Kier alpha value is -1.92. The lowest BCUT2D eigenvalue weighted by Crippen LogP contribution is -2.12. The Bertz CT molecular complexity index is 770. The van der Waals surface area contributed by atoms with Gasteiger partial charge < -0.3 is 10.6 Å². The Labute approximate surface area is 130 Å². The van der Waals surface area contributed by atoms with Gasteiger partial charge in [-0.15, -0.1) is 0 Å². The Morgan fingerprint density at radius 3 is 2.95 bits per heavy atom. The molecular weight excluding hydrogens is 310 g/mol. The molecule has 3 rings (SSSR count). The van der Waals surface area contributed by atoms with Crippen molar-refractivity contribution < 1.29 is 9.59 Å². The second kappa shape index (κ2) is 5.13. The summed E-state index contributed by atoms with van der Waals surface area (Å²) in [7, 11) is 0. The van der Waals surface area contributed by atoms with Crippen molar-refractivity contribution in [2.45, 2.75) is 20.4 Å². The number of thiazole rings is 1. The van der Waals surface area contributed by atoms with Gasteiger partial charge in [0.25, 0.3) is 5.91 Å². The van der Waals surface area contributed by atoms with Gasteiger partial charge in [0.15, 0.2) is 5.13 Å². The number of hydrogen-bond acceptors (Lipinski definition) is 4. The molecule has 0 unspecified atom stereocenters. The van der Waals surface area contributed by atoms with Gasteiger partial charge in [0.05, 0.1) is 21.2 Å². The van der Waals surface area contributed by atoms with Crippen molar-refractivity contribution in [3.63, 3.8) is 0 Å². The van der Waals surface area contributed by atoms with Crippen LogP contribution in [0.2, 0.25) is 5.02 Å². The number of hydrogen-bond donors (Lipinski definition) is 2. The van der Waals surface area contributed by atoms with Crippen molar-refractivity contribution in [1.82, 2.24) is 10.3 Å². The average molecular weight is 322 g/mol. The van der Waals surface area contributed by atoms with E-state index in [4.69, 9.17) is 11.6 Å². The van der Waals surface area contributed by atoms with Crippen molar-refractivity contribution in [3.05, 3.63) is 34.0 Å². The van der Waals surface area contributed by atoms with E-state index in [1.54, 1.807) is 6.07 Å². The van der Waals surface area contributed by atoms with Crippen LogP contribution in [0.3, 0.4) is 0 Å². The van der Waals surface area contributed by atoms with Crippen LogP contribution < -0.4 is 10.6 Å². The highest BCUT2D eigenvalue weighted by atomic mass is 35.5. The third kappa shape index (κ3) is 2.52. The molecular formula is C14H12ClN3O2S. The number of carbonyl (C=O) groups excluding carboxylic acids is 2. The van der Waals surface area contributed by atoms with Crippen LogP contribution in [0.25, 0.3) is 10.4 Å². The molecule has 0 saturated heterocycles. The molecule has 2 N–H and O–H groups in total. The molecule has 108 valence electrons. The van der Waals surface area contributed by atoms with E-state index in [9.17, 15) is 9.59 Å². The summed E-state index contributed by atoms with van der Waals surface area (Å²) in [6.07, 6.45) is 0. The quantitative estimate of drug-likeness (QED) is 0.893. The lowest BCUT2D eigenvalue weighted by atomic mass is 10.0. The van der Waals surface area contributed by atoms with Gasteiger partial charge in [-0.2, -0.15) is 0 Å². The van der Waals surface area contributed by atoms with Crippen LogP contribution in [0.1, 0.15) is 28.5 Å². The normalized spacial score (nSPS) is 13.0. The predicted octanol–water partition coefficient (Wildman–Crippen LogP) is 2.97. The number of carbonyl (C=O) groups is 2. The number of anilines is 1. The first kappa shape index (κ1) is 14.0. The number of halogens is 1. The molecule has 0 spiro atoms. The van der Waals surface area contributed by atoms with E-state index in [2.05, 4.69) is 15.6 Å². The first-order valence-corrected chi connectivity index (χ1v) is 7.51. The van der Waals surface area contributed by atoms with Gasteiger partial charge in [-0.25, -0.2) is 4.98 Å². The molecule has 0 saturated carbocycles. The minimum Gasteiger partial charge on any atom is -0.348 e. The van der Waals surface area contributed by atoms with Crippen LogP contribution in [0.5, 0.6) is 0 Å². The molecule has 2 heterocycles. The largest absolute Gasteiger partial charge is 0.348 e. The maximum absolute atomic E-state index is 11.7. The summed E-state index contributed by atoms with van der Waals surface area (Å²) in [5.74, 6) is -0.293. The Kier molecular flexibility index (Phi) is 3.43. The standard InChI is InChI=1S/C14H12ClN3O2S/c1-6-12(21-14(17-6)18-7(2)19)8-3-9-5-16-13(20)11(9)10(15)4-8/h3-4H,5H2,1-2H3,(H,16,20)(H,17,18,19). The lowest BCUT2D eigenvalue weighted by molar-refractivity contribution is -0.114. The average Bonchev–Trinajstić information content (AvgIpc) is 2.93. The van der Waals surface area contributed by atoms with Crippen LogP contribution in [0.4, 0.5) is 5.13 Å². The molecule has 1 aromatic carbocycles. The lowest BCUT2D eigenvalue weighted by Gasteiger charge is -2.04. The second-order valence-electron chi connectivity index (χ2n) is 4.79. The predicted molar refractivity (Wildman–Crippen MR) is 82.8 cm³/mol. The topological polar surface area (TPSA) is 71.1 Å². The van der Waals surface area contributed by atoms with E-state index in [0.717, 1.165) is 21.7 Å². The molecule has 1 aliphatic heterocycles. The first-order chi connectivity index (χ1) is 9.95. The van der Waals surface area contributed by atoms with Crippen LogP contribution in [0.15, 0.2) is 12.1 Å². The summed E-state index contributed by atoms with van der Waals surface area (Å²) in [4.78, 5) is 28.0. The zero-order valence-electron chi connectivity index (χ0n) is 11.4. The minimum atomic E-state index is -0.155. The summed E-state index contributed by atoms with van der Waals surface area (Å²) < 4.78 is 0. The van der Waals surface area contributed by atoms with E-state index in [0.29, 0.717) is 22.3 Å². The fourth-order valence-corrected chi connectivity index (χ4v) is 3.65. The number of aryl methyl sites for hydroxylation is 1. The van der Waals surface area contributed by atoms with Crippen LogP contribution in [-0.4, -0.2) is 16.8 Å². The number of nitrogens with one attached hydrogen (secondary N) is 2. The summed E-state index contributed by atoms with van der Waals surface area (Å²) in [5.41, 5.74) is 3.15. The molecule has 0 radical (unpaired) electrons. The van der Waals surface area contributed by atoms with Gasteiger partial charge in [0.1, 0.15) is 0 Å². The number of amides is 2. The van der Waals surface area contributed by atoms with Crippen molar-refractivity contribution in [2.24, 2.45) is 0 Å². The molecule has 0 fully saturated rings. The zero-order valence-corrected chi connectivity index (χ0v) is 13.0. The van der Waals surface area contributed by atoms with E-state index < -0.39 is 0 Å². The van der Waals surface area contributed by atoms with Gasteiger partial charge in [-0.3, -0.25) is 9.59 Å². The van der Waals surface area contributed by atoms with Crippen LogP contribution in [0, 0.1) is 6.92 Å². The van der Waals surface area contributed by atoms with Gasteiger partial charge >= 0.3 is 0 Å². The van der Waals surface area contributed by atoms with E-state index in [1.165, 1.54) is 18.3 Å². The fourth-order valence-electron chi connectivity index (χ4n) is 2.32. The Morgan fingerprint density at radius 2 is 2.24 bits per heavy atom. The molecule has 2 amide bonds. The van der Waals surface area contributed by atoms with Gasteiger partial charge in [-0.05, 0) is 30.2 Å². The second-order valence-corrected chi connectivity index (χ2v) is 6.20. The van der Waals surface area contributed by atoms with E-state index >= 15 is 0 Å². The fraction of sp³-hybridized carbons (Fsp3) is 0.214. The maximum Gasteiger partial charge on any atom is 0.253 e. The molecule has 2 aromatic rings. The summed E-state index contributed by atoms with van der Waals surface area (Å²) in [6, 6.07) is 3.71. The number of nitrogens with zero attached hydrogens (tertiary/aromatic N) is 1. The molecule has 1 aliphatic rings. The van der Waals surface area contributed by atoms with Crippen molar-refractivity contribution in [3.8, 4) is 10.4 Å². The molecule has 5 nitrogen and oxygen atoms in total. The van der Waals surface area contributed by atoms with Crippen molar-refractivity contribution in [1.29, 1.82) is 0 Å². The highest BCUT2D eigenvalue weighted by molar-refractivity contribution is 7.19. The number of rotatable bonds is 2. The highest BCUT2D eigenvalue weighted by Gasteiger charge is 2.24. The highest BCUT2D eigenvalue weighted by Crippen LogP contribution is 2.37. The Balaban J connectivity index is 2.06. The van der Waals surface area contributed by atoms with E-state index in [1.807, 2.05) is 13.0 Å². The third-order valence-electron chi connectivity index (χ3n) is 3.18. The number of fused-ring (bicyclic) bond motifs is 1. The number of aromatic nitrogens is 1. The Morgan fingerprint density at radius 1 is 1.48 bits per heavy atom. The summed E-state index contributed by atoms with van der Waals surface area (Å²) in [6.45, 7) is 3.81. The minimum absolute atomic E-state index is 0.137. The summed E-state index contributed by atoms with van der Waals surface area (Å²) in [5, 5.41) is 6.43. The SMILES string of the molecule is CC(=O)Nc1nc(C)c(-c2cc(Cl)c3c(c2)CNC3=O)s1. The molecule has 7 heteroatoms. The van der Waals surface area contributed by atoms with Crippen molar-refractivity contribution in [2.75, 3.05) is 5.32 Å². The molecule has 21 heavy (non-hydrogen) atoms. The third-order valence-corrected chi connectivity index (χ3v) is 4.60. The maximum atomic E-state index is 11.7. The zero-order chi connectivity index (χ0) is 15.1. The van der Waals surface area contributed by atoms with Gasteiger partial charge in [-0.1, -0.05) is 22.9 Å². The summed E-state index contributed by atoms with van der Waals surface area (Å²) >= 11 is 7.61. The molecule has 1 aromatic heterocycles. The smallest absolute Gasteiger partial charge is 0.253 e. The molecule has 0 atom stereocenters.